The van der Waals surface area contributed by atoms with Crippen molar-refractivity contribution in [3.8, 4) is 6.07 Å². The van der Waals surface area contributed by atoms with Crippen LogP contribution < -0.4 is 4.90 Å². The van der Waals surface area contributed by atoms with Crippen LogP contribution in [0.5, 0.6) is 0 Å². The lowest BCUT2D eigenvalue weighted by molar-refractivity contribution is 0.604. The van der Waals surface area contributed by atoms with Gasteiger partial charge in [0.1, 0.15) is 0 Å². The average molecular weight is 486 g/mol. The molecular formula is C30H19N3O2S. The molecule has 0 N–H and O–H groups in total. The van der Waals surface area contributed by atoms with E-state index in [4.69, 9.17) is 6.57 Å². The van der Waals surface area contributed by atoms with E-state index in [0.29, 0.717) is 11.1 Å². The van der Waals surface area contributed by atoms with Crippen molar-refractivity contribution >= 4 is 38.5 Å². The summed E-state index contributed by atoms with van der Waals surface area (Å²) in [5, 5.41) is 9.53. The Bertz CT molecular complexity index is 1640. The SMILES string of the molecule is [C-]#[N+]/C(C#N)=C1\C(=C\c2ccc(N(c3ccccc3)c3ccccc3)cc2)S(=O)(=O)c2ccccc21. The van der Waals surface area contributed by atoms with Crippen LogP contribution in [0.2, 0.25) is 0 Å². The molecule has 0 aliphatic carbocycles. The Morgan fingerprint density at radius 2 is 1.31 bits per heavy atom. The third kappa shape index (κ3) is 3.96. The zero-order valence-electron chi connectivity index (χ0n) is 19.0. The highest BCUT2D eigenvalue weighted by atomic mass is 32.2. The van der Waals surface area contributed by atoms with Crippen molar-refractivity contribution in [3.63, 3.8) is 0 Å². The highest BCUT2D eigenvalue weighted by Gasteiger charge is 2.37. The summed E-state index contributed by atoms with van der Waals surface area (Å²) < 4.78 is 26.7. The fourth-order valence-corrected chi connectivity index (χ4v) is 6.02. The van der Waals surface area contributed by atoms with Crippen LogP contribution in [0, 0.1) is 17.9 Å². The van der Waals surface area contributed by atoms with E-state index in [9.17, 15) is 13.7 Å². The molecular weight excluding hydrogens is 466 g/mol. The summed E-state index contributed by atoms with van der Waals surface area (Å²) in [6.45, 7) is 7.42. The number of hydrogen-bond donors (Lipinski definition) is 0. The van der Waals surface area contributed by atoms with Crippen molar-refractivity contribution in [2.45, 2.75) is 4.90 Å². The molecule has 0 fully saturated rings. The molecule has 1 aliphatic heterocycles. The topological polar surface area (TPSA) is 65.5 Å². The predicted molar refractivity (Wildman–Crippen MR) is 142 cm³/mol. The highest BCUT2D eigenvalue weighted by Crippen LogP contribution is 2.45. The van der Waals surface area contributed by atoms with Crippen molar-refractivity contribution < 1.29 is 8.42 Å². The molecule has 0 amide bonds. The maximum Gasteiger partial charge on any atom is 0.270 e. The fraction of sp³-hybridized carbons (Fsp3) is 0. The molecule has 172 valence electrons. The van der Waals surface area contributed by atoms with Gasteiger partial charge in [-0.2, -0.15) is 0 Å². The normalized spacial score (nSPS) is 16.0. The lowest BCUT2D eigenvalue weighted by Gasteiger charge is -2.25. The fourth-order valence-electron chi connectivity index (χ4n) is 4.30. The number of benzene rings is 4. The molecule has 0 aromatic heterocycles. The van der Waals surface area contributed by atoms with Crippen LogP contribution in [0.4, 0.5) is 17.1 Å². The van der Waals surface area contributed by atoms with Crippen molar-refractivity contribution in [3.05, 3.63) is 142 Å². The van der Waals surface area contributed by atoms with Gasteiger partial charge < -0.3 is 4.90 Å². The Balaban J connectivity index is 1.62. The first-order chi connectivity index (χ1) is 17.5. The van der Waals surface area contributed by atoms with E-state index in [-0.39, 0.29) is 21.1 Å². The summed E-state index contributed by atoms with van der Waals surface area (Å²) in [5.41, 5.74) is 3.82. The Morgan fingerprint density at radius 3 is 1.86 bits per heavy atom. The largest absolute Gasteiger partial charge is 0.311 e. The molecule has 0 bridgehead atoms. The minimum atomic E-state index is -3.87. The van der Waals surface area contributed by atoms with Crippen LogP contribution >= 0.6 is 0 Å². The van der Waals surface area contributed by atoms with Gasteiger partial charge in [0.15, 0.2) is 0 Å². The van der Waals surface area contributed by atoms with Gasteiger partial charge in [0.2, 0.25) is 9.84 Å². The van der Waals surface area contributed by atoms with E-state index >= 15 is 0 Å². The molecule has 6 heteroatoms. The van der Waals surface area contributed by atoms with E-state index in [1.54, 1.807) is 18.2 Å². The Kier molecular flexibility index (Phi) is 5.96. The molecule has 0 saturated heterocycles. The summed E-state index contributed by atoms with van der Waals surface area (Å²) in [5.74, 6) is 0. The molecule has 5 rings (SSSR count). The number of nitriles is 1. The third-order valence-corrected chi connectivity index (χ3v) is 7.75. The molecule has 0 spiro atoms. The number of sulfone groups is 1. The van der Waals surface area contributed by atoms with Gasteiger partial charge in [-0.05, 0) is 59.7 Å². The predicted octanol–water partition coefficient (Wildman–Crippen LogP) is 7.14. The molecule has 1 aliphatic rings. The van der Waals surface area contributed by atoms with E-state index in [0.717, 1.165) is 17.1 Å². The lowest BCUT2D eigenvalue weighted by atomic mass is 10.0. The van der Waals surface area contributed by atoms with Gasteiger partial charge in [0.05, 0.1) is 22.4 Å². The second kappa shape index (κ2) is 9.38. The quantitative estimate of drug-likeness (QED) is 0.228. The molecule has 0 saturated carbocycles. The second-order valence-electron chi connectivity index (χ2n) is 8.05. The molecule has 0 atom stereocenters. The number of para-hydroxylation sites is 2. The first-order valence-electron chi connectivity index (χ1n) is 11.1. The van der Waals surface area contributed by atoms with Crippen LogP contribution in [0.15, 0.2) is 125 Å². The molecule has 1 heterocycles. The molecule has 4 aromatic carbocycles. The lowest BCUT2D eigenvalue weighted by Crippen LogP contribution is -2.09. The highest BCUT2D eigenvalue weighted by molar-refractivity contribution is 7.96. The first kappa shape index (κ1) is 22.9. The van der Waals surface area contributed by atoms with Gasteiger partial charge in [-0.1, -0.05) is 66.7 Å². The Hall–Kier alpha value is -4.91. The van der Waals surface area contributed by atoms with Crippen molar-refractivity contribution in [1.82, 2.24) is 0 Å². The molecule has 4 aromatic rings. The Labute approximate surface area is 210 Å². The van der Waals surface area contributed by atoms with Gasteiger partial charge in [0.25, 0.3) is 5.70 Å². The minimum absolute atomic E-state index is 0.0352. The Morgan fingerprint density at radius 1 is 0.778 bits per heavy atom. The maximum atomic E-state index is 13.4. The van der Waals surface area contributed by atoms with E-state index in [2.05, 4.69) is 9.74 Å². The molecule has 0 unspecified atom stereocenters. The van der Waals surface area contributed by atoms with Crippen LogP contribution in [-0.2, 0) is 9.84 Å². The number of allylic oxidation sites excluding steroid dienone is 2. The number of rotatable bonds is 4. The molecule has 0 radical (unpaired) electrons. The van der Waals surface area contributed by atoms with Gasteiger partial charge in [0, 0.05) is 22.6 Å². The second-order valence-corrected chi connectivity index (χ2v) is 9.94. The van der Waals surface area contributed by atoms with Crippen molar-refractivity contribution in [1.29, 1.82) is 5.26 Å². The number of nitrogens with zero attached hydrogens (tertiary/aromatic N) is 3. The first-order valence-corrected chi connectivity index (χ1v) is 12.6. The van der Waals surface area contributed by atoms with Crippen molar-refractivity contribution in [2.24, 2.45) is 0 Å². The zero-order chi connectivity index (χ0) is 25.1. The number of fused-ring (bicyclic) bond motifs is 1. The smallest absolute Gasteiger partial charge is 0.270 e. The van der Waals surface area contributed by atoms with Crippen molar-refractivity contribution in [2.75, 3.05) is 4.90 Å². The summed E-state index contributed by atoms with van der Waals surface area (Å²) in [6, 6.07) is 35.8. The summed E-state index contributed by atoms with van der Waals surface area (Å²) >= 11 is 0. The van der Waals surface area contributed by atoms with Crippen LogP contribution in [0.3, 0.4) is 0 Å². The summed E-state index contributed by atoms with van der Waals surface area (Å²) in [4.78, 5) is 5.49. The maximum absolute atomic E-state index is 13.4. The molecule has 5 nitrogen and oxygen atoms in total. The average Bonchev–Trinajstić information content (AvgIpc) is 3.14. The minimum Gasteiger partial charge on any atom is -0.311 e. The van der Waals surface area contributed by atoms with Gasteiger partial charge in [-0.15, -0.1) is 0 Å². The van der Waals surface area contributed by atoms with Gasteiger partial charge >= 0.3 is 0 Å². The summed E-state index contributed by atoms with van der Waals surface area (Å²) in [6.07, 6.45) is 1.53. The van der Waals surface area contributed by atoms with Gasteiger partial charge in [-0.25, -0.2) is 18.5 Å². The summed E-state index contributed by atoms with van der Waals surface area (Å²) in [7, 11) is -3.87. The van der Waals surface area contributed by atoms with Crippen LogP contribution in [0.1, 0.15) is 11.1 Å². The van der Waals surface area contributed by atoms with E-state index < -0.39 is 9.84 Å². The van der Waals surface area contributed by atoms with Crippen LogP contribution in [-0.4, -0.2) is 8.42 Å². The van der Waals surface area contributed by atoms with Gasteiger partial charge in [-0.3, -0.25) is 0 Å². The standard InChI is InChI=1S/C30H19N3O2S/c1-32-27(21-31)30-26-14-8-9-15-28(26)36(34,35)29(30)20-22-16-18-25(19-17-22)33(23-10-4-2-5-11-23)24-12-6-3-7-13-24/h2-20H/b29-20-,30-27-. The van der Waals surface area contributed by atoms with E-state index in [1.165, 1.54) is 12.1 Å². The number of hydrogen-bond acceptors (Lipinski definition) is 4. The zero-order valence-corrected chi connectivity index (χ0v) is 19.9. The monoisotopic (exact) mass is 485 g/mol. The molecule has 36 heavy (non-hydrogen) atoms. The third-order valence-electron chi connectivity index (χ3n) is 5.91. The van der Waals surface area contributed by atoms with E-state index in [1.807, 2.05) is 91.0 Å². The van der Waals surface area contributed by atoms with Crippen LogP contribution in [0.25, 0.3) is 16.5 Å². The number of anilines is 3.